The molecule has 4 heteroatoms. The Kier molecular flexibility index (Phi) is 5.86. The van der Waals surface area contributed by atoms with Crippen LogP contribution in [0.4, 0.5) is 0 Å². The molecule has 0 spiro atoms. The molecule has 0 saturated carbocycles. The third-order valence-electron chi connectivity index (χ3n) is 3.04. The molecule has 112 valence electrons. The minimum atomic E-state index is -0.159. The van der Waals surface area contributed by atoms with Gasteiger partial charge in [0.2, 0.25) is 0 Å². The fourth-order valence-corrected chi connectivity index (χ4v) is 1.98. The second-order valence-corrected chi connectivity index (χ2v) is 5.96. The molecule has 0 fully saturated rings. The first-order chi connectivity index (χ1) is 9.39. The van der Waals surface area contributed by atoms with Crippen molar-refractivity contribution in [1.29, 1.82) is 0 Å². The van der Waals surface area contributed by atoms with Crippen LogP contribution in [0, 0.1) is 5.41 Å². The van der Waals surface area contributed by atoms with Crippen molar-refractivity contribution in [3.8, 4) is 11.5 Å². The normalized spacial score (nSPS) is 11.1. The molecule has 0 saturated heterocycles. The molecule has 0 bridgehead atoms. The predicted molar refractivity (Wildman–Crippen MR) is 80.6 cm³/mol. The number of rotatable bonds is 6. The first kappa shape index (κ1) is 16.3. The number of hydrogen-bond donors (Lipinski definition) is 1. The third-order valence-corrected chi connectivity index (χ3v) is 3.04. The quantitative estimate of drug-likeness (QED) is 0.813. The van der Waals surface area contributed by atoms with E-state index in [1.165, 1.54) is 0 Å². The molecule has 0 atom stereocenters. The van der Waals surface area contributed by atoms with Crippen molar-refractivity contribution < 1.29 is 14.3 Å². The van der Waals surface area contributed by atoms with Gasteiger partial charge >= 0.3 is 0 Å². The number of ether oxygens (including phenoxy) is 2. The Bertz CT molecular complexity index is 427. The monoisotopic (exact) mass is 279 g/mol. The maximum Gasteiger partial charge on any atom is 0.258 e. The zero-order valence-corrected chi connectivity index (χ0v) is 13.1. The highest BCUT2D eigenvalue weighted by atomic mass is 16.5. The van der Waals surface area contributed by atoms with Gasteiger partial charge in [-0.2, -0.15) is 0 Å². The topological polar surface area (TPSA) is 47.6 Å². The van der Waals surface area contributed by atoms with E-state index in [9.17, 15) is 4.79 Å². The van der Waals surface area contributed by atoms with Gasteiger partial charge in [-0.05, 0) is 30.4 Å². The van der Waals surface area contributed by atoms with Crippen LogP contribution < -0.4 is 14.8 Å². The molecule has 1 aromatic carbocycles. The Morgan fingerprint density at radius 3 is 2.15 bits per heavy atom. The van der Waals surface area contributed by atoms with E-state index in [0.29, 0.717) is 23.6 Å². The maximum absolute atomic E-state index is 12.3. The van der Waals surface area contributed by atoms with Gasteiger partial charge < -0.3 is 14.8 Å². The summed E-state index contributed by atoms with van der Waals surface area (Å²) in [5.74, 6) is 0.892. The number of carbonyl (C=O) groups is 1. The molecule has 1 aromatic rings. The summed E-state index contributed by atoms with van der Waals surface area (Å²) in [6.07, 6.45) is 2.02. The second kappa shape index (κ2) is 7.17. The predicted octanol–water partition coefficient (Wildman–Crippen LogP) is 3.26. The van der Waals surface area contributed by atoms with Crippen LogP contribution in [0.2, 0.25) is 0 Å². The van der Waals surface area contributed by atoms with Gasteiger partial charge in [0, 0.05) is 6.54 Å². The van der Waals surface area contributed by atoms with Crippen molar-refractivity contribution in [2.24, 2.45) is 5.41 Å². The van der Waals surface area contributed by atoms with Gasteiger partial charge in [0.15, 0.2) is 0 Å². The number of hydrogen-bond acceptors (Lipinski definition) is 3. The molecule has 0 aliphatic heterocycles. The average Bonchev–Trinajstić information content (AvgIpc) is 2.41. The van der Waals surface area contributed by atoms with Crippen LogP contribution in [-0.2, 0) is 0 Å². The van der Waals surface area contributed by atoms with Crippen LogP contribution >= 0.6 is 0 Å². The first-order valence-corrected chi connectivity index (χ1v) is 6.88. The number of methoxy groups -OCH3 is 2. The van der Waals surface area contributed by atoms with Gasteiger partial charge in [-0.25, -0.2) is 0 Å². The molecular formula is C16H25NO3. The lowest BCUT2D eigenvalue weighted by Gasteiger charge is -2.18. The van der Waals surface area contributed by atoms with Crippen LogP contribution in [0.3, 0.4) is 0 Å². The smallest absolute Gasteiger partial charge is 0.258 e. The van der Waals surface area contributed by atoms with E-state index in [0.717, 1.165) is 12.8 Å². The Morgan fingerprint density at radius 2 is 1.70 bits per heavy atom. The van der Waals surface area contributed by atoms with Gasteiger partial charge in [0.1, 0.15) is 17.1 Å². The lowest BCUT2D eigenvalue weighted by molar-refractivity contribution is 0.0945. The summed E-state index contributed by atoms with van der Waals surface area (Å²) in [6, 6.07) is 5.31. The molecular weight excluding hydrogens is 254 g/mol. The molecule has 1 rings (SSSR count). The summed E-state index contributed by atoms with van der Waals surface area (Å²) in [4.78, 5) is 12.3. The number of amides is 1. The van der Waals surface area contributed by atoms with Crippen molar-refractivity contribution in [2.45, 2.75) is 33.6 Å². The zero-order valence-electron chi connectivity index (χ0n) is 13.1. The van der Waals surface area contributed by atoms with E-state index < -0.39 is 0 Å². The third kappa shape index (κ3) is 4.76. The lowest BCUT2D eigenvalue weighted by Crippen LogP contribution is -2.26. The van der Waals surface area contributed by atoms with Crippen molar-refractivity contribution >= 4 is 5.91 Å². The minimum Gasteiger partial charge on any atom is -0.496 e. The maximum atomic E-state index is 12.3. The van der Waals surface area contributed by atoms with Gasteiger partial charge in [-0.1, -0.05) is 26.8 Å². The van der Waals surface area contributed by atoms with Gasteiger partial charge in [-0.3, -0.25) is 4.79 Å². The van der Waals surface area contributed by atoms with E-state index in [4.69, 9.17) is 9.47 Å². The lowest BCUT2D eigenvalue weighted by atomic mass is 9.91. The summed E-state index contributed by atoms with van der Waals surface area (Å²) >= 11 is 0. The van der Waals surface area contributed by atoms with E-state index >= 15 is 0 Å². The van der Waals surface area contributed by atoms with Crippen LogP contribution in [-0.4, -0.2) is 26.7 Å². The van der Waals surface area contributed by atoms with E-state index in [-0.39, 0.29) is 11.3 Å². The largest absolute Gasteiger partial charge is 0.496 e. The van der Waals surface area contributed by atoms with Crippen molar-refractivity contribution in [3.05, 3.63) is 23.8 Å². The van der Waals surface area contributed by atoms with Crippen LogP contribution in [0.15, 0.2) is 18.2 Å². The van der Waals surface area contributed by atoms with Crippen molar-refractivity contribution in [2.75, 3.05) is 20.8 Å². The van der Waals surface area contributed by atoms with E-state index in [1.807, 2.05) is 0 Å². The Balaban J connectivity index is 2.68. The van der Waals surface area contributed by atoms with Gasteiger partial charge in [0.25, 0.3) is 5.91 Å². The first-order valence-electron chi connectivity index (χ1n) is 6.88. The molecule has 0 radical (unpaired) electrons. The average molecular weight is 279 g/mol. The Labute approximate surface area is 121 Å². The number of carbonyl (C=O) groups excluding carboxylic acids is 1. The van der Waals surface area contributed by atoms with Crippen LogP contribution in [0.1, 0.15) is 44.0 Å². The molecule has 0 aromatic heterocycles. The fourth-order valence-electron chi connectivity index (χ4n) is 1.98. The highest BCUT2D eigenvalue weighted by Crippen LogP contribution is 2.28. The van der Waals surface area contributed by atoms with Crippen molar-refractivity contribution in [1.82, 2.24) is 5.32 Å². The highest BCUT2D eigenvalue weighted by Gasteiger charge is 2.18. The zero-order chi connectivity index (χ0) is 15.2. The fraction of sp³-hybridized carbons (Fsp3) is 0.562. The SMILES string of the molecule is COc1cccc(OC)c1C(=O)NCCCC(C)(C)C. The van der Waals surface area contributed by atoms with E-state index in [1.54, 1.807) is 32.4 Å². The molecule has 1 amide bonds. The summed E-state index contributed by atoms with van der Waals surface area (Å²) in [5.41, 5.74) is 0.737. The standard InChI is InChI=1S/C16H25NO3/c1-16(2,3)10-7-11-17-15(18)14-12(19-4)8-6-9-13(14)20-5/h6,8-9H,7,10-11H2,1-5H3,(H,17,18). The highest BCUT2D eigenvalue weighted by molar-refractivity contribution is 5.99. The minimum absolute atomic E-state index is 0.159. The Morgan fingerprint density at radius 1 is 1.15 bits per heavy atom. The van der Waals surface area contributed by atoms with E-state index in [2.05, 4.69) is 26.1 Å². The summed E-state index contributed by atoms with van der Waals surface area (Å²) in [5, 5.41) is 2.92. The summed E-state index contributed by atoms with van der Waals surface area (Å²) < 4.78 is 10.5. The molecule has 20 heavy (non-hydrogen) atoms. The van der Waals surface area contributed by atoms with Crippen LogP contribution in [0.5, 0.6) is 11.5 Å². The molecule has 0 unspecified atom stereocenters. The van der Waals surface area contributed by atoms with Gasteiger partial charge in [0.05, 0.1) is 14.2 Å². The number of benzene rings is 1. The molecule has 0 aliphatic carbocycles. The molecule has 4 nitrogen and oxygen atoms in total. The number of nitrogens with one attached hydrogen (secondary N) is 1. The second-order valence-electron chi connectivity index (χ2n) is 5.96. The molecule has 0 heterocycles. The summed E-state index contributed by atoms with van der Waals surface area (Å²) in [7, 11) is 3.09. The molecule has 0 aliphatic rings. The van der Waals surface area contributed by atoms with Crippen molar-refractivity contribution in [3.63, 3.8) is 0 Å². The summed E-state index contributed by atoms with van der Waals surface area (Å²) in [6.45, 7) is 7.23. The molecule has 1 N–H and O–H groups in total. The van der Waals surface area contributed by atoms with Gasteiger partial charge in [-0.15, -0.1) is 0 Å². The Hall–Kier alpha value is -1.71. The van der Waals surface area contributed by atoms with Crippen LogP contribution in [0.25, 0.3) is 0 Å².